The van der Waals surface area contributed by atoms with Gasteiger partial charge >= 0.3 is 6.09 Å². The molecule has 3 aromatic carbocycles. The van der Waals surface area contributed by atoms with E-state index in [2.05, 4.69) is 16.0 Å². The number of rotatable bonds is 16. The van der Waals surface area contributed by atoms with Gasteiger partial charge in [0.2, 0.25) is 11.8 Å². The lowest BCUT2D eigenvalue weighted by molar-refractivity contribution is -0.133. The maximum absolute atomic E-state index is 13.8. The summed E-state index contributed by atoms with van der Waals surface area (Å²) in [6.45, 7) is 1.88. The zero-order chi connectivity index (χ0) is 32.2. The Morgan fingerprint density at radius 2 is 1.31 bits per heavy atom. The third-order valence-corrected chi connectivity index (χ3v) is 7.40. The maximum atomic E-state index is 13.8. The first-order valence-electron chi connectivity index (χ1n) is 14.6. The number of hydrogen-bond donors (Lipinski definition) is 3. The maximum Gasteiger partial charge on any atom is 0.408 e. The summed E-state index contributed by atoms with van der Waals surface area (Å²) in [6.07, 6.45) is -0.494. The molecule has 1 aliphatic rings. The predicted octanol–water partition coefficient (Wildman–Crippen LogP) is 2.69. The number of methoxy groups -OCH3 is 1. The van der Waals surface area contributed by atoms with E-state index in [4.69, 9.17) is 14.2 Å². The van der Waals surface area contributed by atoms with Crippen molar-refractivity contribution in [3.63, 3.8) is 0 Å². The van der Waals surface area contributed by atoms with Crippen molar-refractivity contribution in [2.75, 3.05) is 13.7 Å². The molecule has 0 bridgehead atoms. The van der Waals surface area contributed by atoms with Crippen molar-refractivity contribution in [1.29, 1.82) is 0 Å². The van der Waals surface area contributed by atoms with E-state index in [1.807, 2.05) is 36.4 Å². The fourth-order valence-corrected chi connectivity index (χ4v) is 4.66. The third kappa shape index (κ3) is 9.73. The molecule has 4 rings (SSSR count). The lowest BCUT2D eigenvalue weighted by Gasteiger charge is -2.25. The number of ketones is 1. The fraction of sp³-hybridized carbons (Fsp3) is 0.324. The lowest BCUT2D eigenvalue weighted by atomic mass is 9.94. The summed E-state index contributed by atoms with van der Waals surface area (Å²) in [5.74, 6) is -1.06. The van der Waals surface area contributed by atoms with Gasteiger partial charge in [0.1, 0.15) is 36.3 Å². The first-order valence-corrected chi connectivity index (χ1v) is 14.6. The van der Waals surface area contributed by atoms with Crippen LogP contribution >= 0.6 is 0 Å². The summed E-state index contributed by atoms with van der Waals surface area (Å²) in [5, 5.41) is 7.90. The van der Waals surface area contributed by atoms with Gasteiger partial charge < -0.3 is 35.0 Å². The Hall–Kier alpha value is -5.03. The summed E-state index contributed by atoms with van der Waals surface area (Å²) < 4.78 is 15.8. The van der Waals surface area contributed by atoms with Gasteiger partial charge in [-0.15, -0.1) is 0 Å². The first-order chi connectivity index (χ1) is 21.7. The van der Waals surface area contributed by atoms with Crippen molar-refractivity contribution in [2.45, 2.75) is 56.5 Å². The summed E-state index contributed by atoms with van der Waals surface area (Å²) in [5.41, 5.74) is 1.27. The number of nitrogens with one attached hydrogen (secondary N) is 3. The number of benzene rings is 3. The molecular weight excluding hydrogens is 578 g/mol. The molecule has 1 saturated heterocycles. The number of carbonyl (C=O) groups is 5. The van der Waals surface area contributed by atoms with E-state index in [-0.39, 0.29) is 38.3 Å². The van der Waals surface area contributed by atoms with Crippen molar-refractivity contribution in [1.82, 2.24) is 16.0 Å². The Labute approximate surface area is 261 Å². The third-order valence-electron chi connectivity index (χ3n) is 7.40. The second-order valence-electron chi connectivity index (χ2n) is 10.9. The molecule has 4 unspecified atom stereocenters. The summed E-state index contributed by atoms with van der Waals surface area (Å²) in [7, 11) is 1.53. The number of epoxide rings is 1. The van der Waals surface area contributed by atoms with Crippen molar-refractivity contribution >= 4 is 30.0 Å². The molecule has 0 aromatic heterocycles. The molecule has 0 spiro atoms. The van der Waals surface area contributed by atoms with E-state index < -0.39 is 41.6 Å². The molecule has 11 heteroatoms. The van der Waals surface area contributed by atoms with Gasteiger partial charge in [-0.3, -0.25) is 14.4 Å². The smallest absolute Gasteiger partial charge is 0.408 e. The van der Waals surface area contributed by atoms with Crippen LogP contribution in [0.1, 0.15) is 30.0 Å². The quantitative estimate of drug-likeness (QED) is 0.164. The summed E-state index contributed by atoms with van der Waals surface area (Å²) >= 11 is 0. The van der Waals surface area contributed by atoms with Crippen LogP contribution in [0.4, 0.5) is 4.79 Å². The van der Waals surface area contributed by atoms with E-state index in [0.29, 0.717) is 17.6 Å². The Bertz CT molecular complexity index is 1460. The predicted molar refractivity (Wildman–Crippen MR) is 164 cm³/mol. The number of amides is 3. The molecule has 3 aromatic rings. The SMILES string of the molecule is COc1ccc(CC(NC(=O)C(CC=O)NC(=O)OCc2ccccc2)C(=O)NC(Cc2ccccc2)C(=O)C2(C)CO2)cc1. The van der Waals surface area contributed by atoms with Crippen LogP contribution in [0, 0.1) is 0 Å². The molecule has 236 valence electrons. The van der Waals surface area contributed by atoms with Crippen LogP contribution in [0.15, 0.2) is 84.9 Å². The van der Waals surface area contributed by atoms with E-state index in [1.165, 1.54) is 7.11 Å². The Kier molecular flexibility index (Phi) is 11.4. The van der Waals surface area contributed by atoms with Crippen LogP contribution in [-0.4, -0.2) is 67.4 Å². The second kappa shape index (κ2) is 15.6. The van der Waals surface area contributed by atoms with E-state index in [9.17, 15) is 24.0 Å². The molecule has 0 radical (unpaired) electrons. The van der Waals surface area contributed by atoms with Crippen molar-refractivity contribution in [3.8, 4) is 5.75 Å². The average molecular weight is 616 g/mol. The van der Waals surface area contributed by atoms with Crippen LogP contribution in [0.25, 0.3) is 0 Å². The fourth-order valence-electron chi connectivity index (χ4n) is 4.66. The molecule has 1 fully saturated rings. The molecule has 11 nitrogen and oxygen atoms in total. The Balaban J connectivity index is 1.50. The van der Waals surface area contributed by atoms with Crippen molar-refractivity contribution < 1.29 is 38.2 Å². The highest BCUT2D eigenvalue weighted by molar-refractivity contribution is 5.98. The van der Waals surface area contributed by atoms with Gasteiger partial charge in [0.15, 0.2) is 5.78 Å². The second-order valence-corrected chi connectivity index (χ2v) is 10.9. The molecule has 1 heterocycles. The molecule has 0 saturated carbocycles. The van der Waals surface area contributed by atoms with Gasteiger partial charge in [0.25, 0.3) is 0 Å². The van der Waals surface area contributed by atoms with Gasteiger partial charge in [-0.2, -0.15) is 0 Å². The topological polar surface area (TPSA) is 152 Å². The van der Waals surface area contributed by atoms with Gasteiger partial charge in [-0.05, 0) is 42.2 Å². The van der Waals surface area contributed by atoms with Crippen LogP contribution in [-0.2, 0) is 48.1 Å². The van der Waals surface area contributed by atoms with Crippen molar-refractivity contribution in [2.24, 2.45) is 0 Å². The highest BCUT2D eigenvalue weighted by Crippen LogP contribution is 2.29. The first kappa shape index (κ1) is 32.9. The zero-order valence-electron chi connectivity index (χ0n) is 25.2. The molecule has 1 aliphatic heterocycles. The molecule has 45 heavy (non-hydrogen) atoms. The molecular formula is C34H37N3O8. The Morgan fingerprint density at radius 1 is 0.778 bits per heavy atom. The number of carbonyl (C=O) groups excluding carboxylic acids is 5. The van der Waals surface area contributed by atoms with Crippen LogP contribution < -0.4 is 20.7 Å². The monoisotopic (exact) mass is 615 g/mol. The van der Waals surface area contributed by atoms with Gasteiger partial charge in [0, 0.05) is 12.8 Å². The van der Waals surface area contributed by atoms with Crippen molar-refractivity contribution in [3.05, 3.63) is 102 Å². The summed E-state index contributed by atoms with van der Waals surface area (Å²) in [4.78, 5) is 64.5. The number of hydrogen-bond acceptors (Lipinski definition) is 8. The van der Waals surface area contributed by atoms with Crippen LogP contribution in [0.3, 0.4) is 0 Å². The van der Waals surface area contributed by atoms with E-state index in [1.54, 1.807) is 55.5 Å². The van der Waals surface area contributed by atoms with Crippen LogP contribution in [0.5, 0.6) is 5.75 Å². The minimum absolute atomic E-state index is 0.0376. The number of ether oxygens (including phenoxy) is 3. The highest BCUT2D eigenvalue weighted by atomic mass is 16.6. The average Bonchev–Trinajstić information content (AvgIpc) is 3.82. The van der Waals surface area contributed by atoms with E-state index in [0.717, 1.165) is 11.1 Å². The molecule has 0 aliphatic carbocycles. The number of alkyl carbamates (subject to hydrolysis) is 1. The van der Waals surface area contributed by atoms with Gasteiger partial charge in [0.05, 0.1) is 19.8 Å². The largest absolute Gasteiger partial charge is 0.497 e. The molecule has 4 atom stereocenters. The normalized spacial score (nSPS) is 17.1. The minimum atomic E-state index is -1.31. The minimum Gasteiger partial charge on any atom is -0.497 e. The van der Waals surface area contributed by atoms with Crippen LogP contribution in [0.2, 0.25) is 0 Å². The van der Waals surface area contributed by atoms with Gasteiger partial charge in [-0.1, -0.05) is 72.8 Å². The lowest BCUT2D eigenvalue weighted by Crippen LogP contribution is -2.57. The van der Waals surface area contributed by atoms with Gasteiger partial charge in [-0.25, -0.2) is 4.79 Å². The number of aldehydes is 1. The standard InChI is InChI=1S/C34H37N3O8/c1-34(22-45-34)30(39)28(19-23-9-5-3-6-10-23)35-32(41)29(20-24-13-15-26(43-2)16-14-24)36-31(40)27(17-18-38)37-33(42)44-21-25-11-7-4-8-12-25/h3-16,18,27-29H,17,19-22H2,1-2H3,(H,35,41)(H,36,40)(H,37,42). The summed E-state index contributed by atoms with van der Waals surface area (Å²) in [6, 6.07) is 21.7. The highest BCUT2D eigenvalue weighted by Gasteiger charge is 2.50. The Morgan fingerprint density at radius 3 is 1.89 bits per heavy atom. The molecule has 3 N–H and O–H groups in total. The number of Topliss-reactive ketones (excluding diaryl/α,β-unsaturated/α-hetero) is 1. The molecule has 3 amide bonds. The van der Waals surface area contributed by atoms with E-state index >= 15 is 0 Å². The zero-order valence-corrected chi connectivity index (χ0v) is 25.2.